The van der Waals surface area contributed by atoms with Crippen LogP contribution in [0.4, 0.5) is 11.4 Å². The van der Waals surface area contributed by atoms with Crippen molar-refractivity contribution >= 4 is 28.9 Å². The van der Waals surface area contributed by atoms with Crippen LogP contribution in [0.3, 0.4) is 0 Å². The van der Waals surface area contributed by atoms with E-state index in [0.29, 0.717) is 17.3 Å². The van der Waals surface area contributed by atoms with Gasteiger partial charge in [-0.25, -0.2) is 0 Å². The molecule has 9 heteroatoms. The maximum atomic E-state index is 13.3. The van der Waals surface area contributed by atoms with Crippen molar-refractivity contribution in [3.63, 3.8) is 0 Å². The summed E-state index contributed by atoms with van der Waals surface area (Å²) < 4.78 is 10.7. The molecule has 0 saturated carbocycles. The van der Waals surface area contributed by atoms with Crippen molar-refractivity contribution in [1.29, 1.82) is 0 Å². The highest BCUT2D eigenvalue weighted by atomic mass is 35.5. The summed E-state index contributed by atoms with van der Waals surface area (Å²) in [6.45, 7) is 1.95. The summed E-state index contributed by atoms with van der Waals surface area (Å²) >= 11 is 6.28. The fourth-order valence-electron chi connectivity index (χ4n) is 4.15. The standard InChI is InChI=1S/C24H24ClN3O5/c1-32-21-5-2-4-19(15-21)27(24(29)23-6-3-13-33-23)18-9-11-26(12-10-18)16-17-14-20(28(30)31)7-8-22(17)25/h2-8,13-15,18H,9-12,16H2,1H3. The van der Waals surface area contributed by atoms with E-state index in [0.717, 1.165) is 37.2 Å². The van der Waals surface area contributed by atoms with Crippen LogP contribution >= 0.6 is 11.6 Å². The van der Waals surface area contributed by atoms with Gasteiger partial charge < -0.3 is 14.1 Å². The number of methoxy groups -OCH3 is 1. The monoisotopic (exact) mass is 469 g/mol. The van der Waals surface area contributed by atoms with Crippen LogP contribution in [0.15, 0.2) is 65.3 Å². The lowest BCUT2D eigenvalue weighted by Crippen LogP contribution is -2.47. The van der Waals surface area contributed by atoms with Crippen LogP contribution in [0.2, 0.25) is 5.02 Å². The van der Waals surface area contributed by atoms with Gasteiger partial charge in [0.25, 0.3) is 11.6 Å². The topological polar surface area (TPSA) is 89.1 Å². The Bertz CT molecular complexity index is 1130. The van der Waals surface area contributed by atoms with Gasteiger partial charge in [-0.05, 0) is 48.7 Å². The van der Waals surface area contributed by atoms with E-state index in [1.165, 1.54) is 18.4 Å². The van der Waals surface area contributed by atoms with E-state index in [1.807, 2.05) is 24.3 Å². The average Bonchev–Trinajstić information content (AvgIpc) is 3.37. The number of nitro groups is 1. The Kier molecular flexibility index (Phi) is 6.96. The molecule has 8 nitrogen and oxygen atoms in total. The third-order valence-electron chi connectivity index (χ3n) is 5.84. The first-order chi connectivity index (χ1) is 16.0. The smallest absolute Gasteiger partial charge is 0.294 e. The summed E-state index contributed by atoms with van der Waals surface area (Å²) in [6.07, 6.45) is 2.95. The second-order valence-electron chi connectivity index (χ2n) is 7.89. The largest absolute Gasteiger partial charge is 0.497 e. The molecule has 0 aliphatic carbocycles. The summed E-state index contributed by atoms with van der Waals surface area (Å²) in [6, 6.07) is 15.2. The molecule has 1 aliphatic heterocycles. The maximum absolute atomic E-state index is 13.3. The number of hydrogen-bond donors (Lipinski definition) is 0. The second-order valence-corrected chi connectivity index (χ2v) is 8.30. The zero-order valence-electron chi connectivity index (χ0n) is 18.1. The van der Waals surface area contributed by atoms with Crippen LogP contribution in [0.25, 0.3) is 0 Å². The molecule has 1 aromatic heterocycles. The lowest BCUT2D eigenvalue weighted by atomic mass is 10.0. The third-order valence-corrected chi connectivity index (χ3v) is 6.21. The van der Waals surface area contributed by atoms with Gasteiger partial charge >= 0.3 is 0 Å². The quantitative estimate of drug-likeness (QED) is 0.350. The number of nitrogens with zero attached hydrogens (tertiary/aromatic N) is 3. The van der Waals surface area contributed by atoms with Crippen molar-refractivity contribution in [2.45, 2.75) is 25.4 Å². The van der Waals surface area contributed by atoms with Crippen LogP contribution in [0, 0.1) is 10.1 Å². The molecule has 3 aromatic rings. The SMILES string of the molecule is COc1cccc(N(C(=O)c2ccco2)C2CCN(Cc3cc([N+](=O)[O-])ccc3Cl)CC2)c1. The Balaban J connectivity index is 1.51. The van der Waals surface area contributed by atoms with Gasteiger partial charge in [-0.2, -0.15) is 0 Å². The Morgan fingerprint density at radius 3 is 2.67 bits per heavy atom. The minimum atomic E-state index is -0.418. The number of ether oxygens (including phenoxy) is 1. The van der Waals surface area contributed by atoms with Gasteiger partial charge in [0.1, 0.15) is 5.75 Å². The summed E-state index contributed by atoms with van der Waals surface area (Å²) in [5, 5.41) is 11.6. The minimum absolute atomic E-state index is 0.0255. The number of nitro benzene ring substituents is 1. The lowest BCUT2D eigenvalue weighted by molar-refractivity contribution is -0.384. The highest BCUT2D eigenvalue weighted by Gasteiger charge is 2.31. The number of furan rings is 1. The molecular weight excluding hydrogens is 446 g/mol. The Morgan fingerprint density at radius 2 is 2.00 bits per heavy atom. The van der Waals surface area contributed by atoms with Crippen LogP contribution in [0.1, 0.15) is 29.0 Å². The summed E-state index contributed by atoms with van der Waals surface area (Å²) in [4.78, 5) is 28.0. The van der Waals surface area contributed by atoms with Crippen molar-refractivity contribution in [3.8, 4) is 5.75 Å². The molecule has 172 valence electrons. The van der Waals surface area contributed by atoms with E-state index in [4.69, 9.17) is 20.8 Å². The maximum Gasteiger partial charge on any atom is 0.294 e. The zero-order chi connectivity index (χ0) is 23.4. The molecule has 33 heavy (non-hydrogen) atoms. The predicted octanol–water partition coefficient (Wildman–Crippen LogP) is 5.16. The number of non-ortho nitro benzene ring substituents is 1. The number of piperidine rings is 1. The van der Waals surface area contributed by atoms with Crippen molar-refractivity contribution in [1.82, 2.24) is 4.90 Å². The molecule has 0 bridgehead atoms. The molecule has 4 rings (SSSR count). The van der Waals surface area contributed by atoms with Crippen LogP contribution in [0.5, 0.6) is 5.75 Å². The van der Waals surface area contributed by atoms with Gasteiger partial charge in [0.15, 0.2) is 5.76 Å². The van der Waals surface area contributed by atoms with Crippen LogP contribution in [-0.4, -0.2) is 42.0 Å². The molecule has 0 spiro atoms. The number of carbonyl (C=O) groups is 1. The van der Waals surface area contributed by atoms with Crippen LogP contribution < -0.4 is 9.64 Å². The zero-order valence-corrected chi connectivity index (χ0v) is 18.9. The van der Waals surface area contributed by atoms with Crippen molar-refractivity contribution in [3.05, 3.63) is 87.3 Å². The second kappa shape index (κ2) is 10.1. The molecule has 1 saturated heterocycles. The normalized spacial score (nSPS) is 14.7. The van der Waals surface area contributed by atoms with E-state index in [2.05, 4.69) is 4.90 Å². The molecular formula is C24H24ClN3O5. The number of halogens is 1. The van der Waals surface area contributed by atoms with Gasteiger partial charge in [0.2, 0.25) is 0 Å². The lowest BCUT2D eigenvalue weighted by Gasteiger charge is -2.38. The van der Waals surface area contributed by atoms with Crippen molar-refractivity contribution < 1.29 is 18.9 Å². The number of anilines is 1. The van der Waals surface area contributed by atoms with E-state index in [9.17, 15) is 14.9 Å². The van der Waals surface area contributed by atoms with Gasteiger partial charge in [-0.1, -0.05) is 17.7 Å². The molecule has 0 unspecified atom stereocenters. The Hall–Kier alpha value is -3.36. The molecule has 2 aromatic carbocycles. The number of benzene rings is 2. The van der Waals surface area contributed by atoms with Gasteiger partial charge in [-0.3, -0.25) is 19.8 Å². The molecule has 2 heterocycles. The minimum Gasteiger partial charge on any atom is -0.497 e. The summed E-state index contributed by atoms with van der Waals surface area (Å²) in [5.74, 6) is 0.750. The fourth-order valence-corrected chi connectivity index (χ4v) is 4.32. The summed E-state index contributed by atoms with van der Waals surface area (Å²) in [7, 11) is 1.59. The Morgan fingerprint density at radius 1 is 1.21 bits per heavy atom. The first-order valence-corrected chi connectivity index (χ1v) is 11.0. The Labute approximate surface area is 196 Å². The average molecular weight is 470 g/mol. The number of likely N-dealkylation sites (tertiary alicyclic amines) is 1. The molecule has 0 atom stereocenters. The molecule has 1 fully saturated rings. The van der Waals surface area contributed by atoms with E-state index in [-0.39, 0.29) is 23.4 Å². The number of hydrogen-bond acceptors (Lipinski definition) is 6. The number of amides is 1. The highest BCUT2D eigenvalue weighted by molar-refractivity contribution is 6.31. The molecule has 0 N–H and O–H groups in total. The first-order valence-electron chi connectivity index (χ1n) is 10.6. The van der Waals surface area contributed by atoms with Gasteiger partial charge in [0, 0.05) is 54.6 Å². The van der Waals surface area contributed by atoms with Gasteiger partial charge in [-0.15, -0.1) is 0 Å². The highest BCUT2D eigenvalue weighted by Crippen LogP contribution is 2.30. The van der Waals surface area contributed by atoms with Crippen LogP contribution in [-0.2, 0) is 6.54 Å². The van der Waals surface area contributed by atoms with Gasteiger partial charge in [0.05, 0.1) is 18.3 Å². The van der Waals surface area contributed by atoms with E-state index >= 15 is 0 Å². The summed E-state index contributed by atoms with van der Waals surface area (Å²) in [5.41, 5.74) is 1.49. The van der Waals surface area contributed by atoms with E-state index in [1.54, 1.807) is 30.2 Å². The fraction of sp³-hybridized carbons (Fsp3) is 0.292. The third kappa shape index (κ3) is 5.18. The predicted molar refractivity (Wildman–Crippen MR) is 125 cm³/mol. The first kappa shape index (κ1) is 22.8. The molecule has 0 radical (unpaired) electrons. The van der Waals surface area contributed by atoms with Crippen molar-refractivity contribution in [2.24, 2.45) is 0 Å². The molecule has 1 aliphatic rings. The number of rotatable bonds is 7. The molecule has 1 amide bonds. The number of carbonyl (C=O) groups excluding carboxylic acids is 1. The van der Waals surface area contributed by atoms with E-state index < -0.39 is 4.92 Å². The van der Waals surface area contributed by atoms with Crippen molar-refractivity contribution in [2.75, 3.05) is 25.1 Å².